The summed E-state index contributed by atoms with van der Waals surface area (Å²) in [4.78, 5) is 15.8. The van der Waals surface area contributed by atoms with Crippen molar-refractivity contribution in [3.05, 3.63) is 70.7 Å². The standard InChI is InChI=1S/C16H10BrFN2O/c17-14-5-6-15(13-4-2-1-3-12(13)14)20-16(21)10-7-11(18)9-19-8-10/h1-9H,(H,20,21). The summed E-state index contributed by atoms with van der Waals surface area (Å²) >= 11 is 3.48. The summed E-state index contributed by atoms with van der Waals surface area (Å²) < 4.78 is 14.1. The van der Waals surface area contributed by atoms with Crippen LogP contribution in [0, 0.1) is 5.82 Å². The van der Waals surface area contributed by atoms with Crippen molar-refractivity contribution < 1.29 is 9.18 Å². The van der Waals surface area contributed by atoms with Crippen molar-refractivity contribution in [1.82, 2.24) is 4.98 Å². The Morgan fingerprint density at radius 3 is 2.62 bits per heavy atom. The Morgan fingerprint density at radius 1 is 1.10 bits per heavy atom. The maximum atomic E-state index is 13.1. The van der Waals surface area contributed by atoms with Crippen LogP contribution in [0.3, 0.4) is 0 Å². The van der Waals surface area contributed by atoms with Gasteiger partial charge in [0, 0.05) is 21.7 Å². The monoisotopic (exact) mass is 344 g/mol. The third-order valence-corrected chi connectivity index (χ3v) is 3.78. The molecule has 3 aromatic rings. The van der Waals surface area contributed by atoms with E-state index in [0.29, 0.717) is 5.69 Å². The number of pyridine rings is 1. The van der Waals surface area contributed by atoms with E-state index in [9.17, 15) is 9.18 Å². The fraction of sp³-hybridized carbons (Fsp3) is 0. The molecule has 0 saturated carbocycles. The third kappa shape index (κ3) is 2.78. The molecule has 3 nitrogen and oxygen atoms in total. The number of carbonyl (C=O) groups is 1. The number of benzene rings is 2. The van der Waals surface area contributed by atoms with Gasteiger partial charge in [-0.25, -0.2) is 4.39 Å². The smallest absolute Gasteiger partial charge is 0.257 e. The zero-order valence-electron chi connectivity index (χ0n) is 10.8. The van der Waals surface area contributed by atoms with E-state index in [1.54, 1.807) is 6.07 Å². The molecule has 0 radical (unpaired) electrons. The van der Waals surface area contributed by atoms with Crippen molar-refractivity contribution >= 4 is 38.3 Å². The Bertz CT molecular complexity index is 835. The second-order valence-electron chi connectivity index (χ2n) is 4.49. The molecule has 0 atom stereocenters. The largest absolute Gasteiger partial charge is 0.321 e. The molecular weight excluding hydrogens is 335 g/mol. The fourth-order valence-electron chi connectivity index (χ4n) is 2.10. The zero-order valence-corrected chi connectivity index (χ0v) is 12.4. The first kappa shape index (κ1) is 13.7. The molecule has 0 unspecified atom stereocenters. The maximum absolute atomic E-state index is 13.1. The molecule has 5 heteroatoms. The van der Waals surface area contributed by atoms with Crippen LogP contribution in [-0.2, 0) is 0 Å². The normalized spacial score (nSPS) is 10.6. The minimum atomic E-state index is -0.539. The van der Waals surface area contributed by atoms with Crippen molar-refractivity contribution in [2.75, 3.05) is 5.32 Å². The van der Waals surface area contributed by atoms with E-state index in [0.717, 1.165) is 27.5 Å². The second-order valence-corrected chi connectivity index (χ2v) is 5.34. The van der Waals surface area contributed by atoms with Crippen LogP contribution in [-0.4, -0.2) is 10.9 Å². The molecule has 2 aromatic carbocycles. The Labute approximate surface area is 128 Å². The highest BCUT2D eigenvalue weighted by molar-refractivity contribution is 9.10. The van der Waals surface area contributed by atoms with Crippen LogP contribution >= 0.6 is 15.9 Å². The van der Waals surface area contributed by atoms with Gasteiger partial charge in [-0.1, -0.05) is 40.2 Å². The maximum Gasteiger partial charge on any atom is 0.257 e. The van der Waals surface area contributed by atoms with Crippen LogP contribution in [0.4, 0.5) is 10.1 Å². The molecule has 1 N–H and O–H groups in total. The molecule has 0 spiro atoms. The summed E-state index contributed by atoms with van der Waals surface area (Å²) in [5.41, 5.74) is 0.852. The van der Waals surface area contributed by atoms with Crippen LogP contribution in [0.1, 0.15) is 10.4 Å². The number of anilines is 1. The number of halogens is 2. The van der Waals surface area contributed by atoms with E-state index < -0.39 is 11.7 Å². The van der Waals surface area contributed by atoms with Crippen LogP contribution in [0.25, 0.3) is 10.8 Å². The molecule has 1 heterocycles. The van der Waals surface area contributed by atoms with Crippen molar-refractivity contribution in [2.24, 2.45) is 0 Å². The van der Waals surface area contributed by atoms with Crippen LogP contribution in [0.5, 0.6) is 0 Å². The fourth-order valence-corrected chi connectivity index (χ4v) is 2.58. The van der Waals surface area contributed by atoms with Crippen LogP contribution in [0.2, 0.25) is 0 Å². The third-order valence-electron chi connectivity index (χ3n) is 3.09. The van der Waals surface area contributed by atoms with Crippen molar-refractivity contribution in [1.29, 1.82) is 0 Å². The van der Waals surface area contributed by atoms with Gasteiger partial charge in [0.05, 0.1) is 11.8 Å². The number of hydrogen-bond acceptors (Lipinski definition) is 2. The van der Waals surface area contributed by atoms with Crippen molar-refractivity contribution in [3.8, 4) is 0 Å². The van der Waals surface area contributed by atoms with Gasteiger partial charge in [-0.2, -0.15) is 0 Å². The number of rotatable bonds is 2. The number of amides is 1. The quantitative estimate of drug-likeness (QED) is 0.749. The lowest BCUT2D eigenvalue weighted by Gasteiger charge is -2.10. The van der Waals surface area contributed by atoms with E-state index in [2.05, 4.69) is 26.2 Å². The number of hydrogen-bond donors (Lipinski definition) is 1. The molecular formula is C16H10BrFN2O. The van der Waals surface area contributed by atoms with Gasteiger partial charge in [-0.3, -0.25) is 9.78 Å². The van der Waals surface area contributed by atoms with Crippen LogP contribution in [0.15, 0.2) is 59.3 Å². The SMILES string of the molecule is O=C(Nc1ccc(Br)c2ccccc12)c1cncc(F)c1. The molecule has 0 aliphatic carbocycles. The molecule has 0 bridgehead atoms. The summed E-state index contributed by atoms with van der Waals surface area (Å²) in [6.45, 7) is 0. The predicted octanol–water partition coefficient (Wildman–Crippen LogP) is 4.39. The predicted molar refractivity (Wildman–Crippen MR) is 83.8 cm³/mol. The summed E-state index contributed by atoms with van der Waals surface area (Å²) in [5, 5.41) is 4.69. The number of fused-ring (bicyclic) bond motifs is 1. The van der Waals surface area contributed by atoms with Gasteiger partial charge in [0.25, 0.3) is 5.91 Å². The van der Waals surface area contributed by atoms with Gasteiger partial charge in [0.1, 0.15) is 5.82 Å². The molecule has 104 valence electrons. The van der Waals surface area contributed by atoms with Crippen LogP contribution < -0.4 is 5.32 Å². The van der Waals surface area contributed by atoms with Gasteiger partial charge in [0.15, 0.2) is 0 Å². The molecule has 0 aliphatic rings. The first-order chi connectivity index (χ1) is 10.1. The number of nitrogens with one attached hydrogen (secondary N) is 1. The van der Waals surface area contributed by atoms with Gasteiger partial charge < -0.3 is 5.32 Å². The molecule has 1 amide bonds. The highest BCUT2D eigenvalue weighted by Crippen LogP contribution is 2.30. The summed E-state index contributed by atoms with van der Waals surface area (Å²) in [7, 11) is 0. The number of aromatic nitrogens is 1. The Kier molecular flexibility index (Phi) is 3.66. The number of nitrogens with zero attached hydrogens (tertiary/aromatic N) is 1. The lowest BCUT2D eigenvalue weighted by Crippen LogP contribution is -2.12. The topological polar surface area (TPSA) is 42.0 Å². The molecule has 21 heavy (non-hydrogen) atoms. The van der Waals surface area contributed by atoms with Crippen molar-refractivity contribution in [3.63, 3.8) is 0 Å². The minimum Gasteiger partial charge on any atom is -0.321 e. The first-order valence-corrected chi connectivity index (χ1v) is 7.03. The van der Waals surface area contributed by atoms with E-state index in [-0.39, 0.29) is 5.56 Å². The summed E-state index contributed by atoms with van der Waals surface area (Å²) in [6.07, 6.45) is 2.39. The Morgan fingerprint density at radius 2 is 1.86 bits per heavy atom. The summed E-state index contributed by atoms with van der Waals surface area (Å²) in [6, 6.07) is 12.5. The van der Waals surface area contributed by atoms with Gasteiger partial charge in [-0.05, 0) is 23.6 Å². The zero-order chi connectivity index (χ0) is 14.8. The Balaban J connectivity index is 1.99. The average molecular weight is 345 g/mol. The molecule has 0 aliphatic heterocycles. The Hall–Kier alpha value is -2.27. The molecule has 1 aromatic heterocycles. The van der Waals surface area contributed by atoms with E-state index in [1.807, 2.05) is 30.3 Å². The van der Waals surface area contributed by atoms with Gasteiger partial charge in [-0.15, -0.1) is 0 Å². The lowest BCUT2D eigenvalue weighted by atomic mass is 10.1. The van der Waals surface area contributed by atoms with Crippen molar-refractivity contribution in [2.45, 2.75) is 0 Å². The van der Waals surface area contributed by atoms with E-state index in [4.69, 9.17) is 0 Å². The van der Waals surface area contributed by atoms with Gasteiger partial charge in [0.2, 0.25) is 0 Å². The average Bonchev–Trinajstić information content (AvgIpc) is 2.50. The number of carbonyl (C=O) groups excluding carboxylic acids is 1. The first-order valence-electron chi connectivity index (χ1n) is 6.24. The summed E-state index contributed by atoms with van der Waals surface area (Å²) in [5.74, 6) is -0.933. The molecule has 0 saturated heterocycles. The van der Waals surface area contributed by atoms with Gasteiger partial charge >= 0.3 is 0 Å². The molecule has 3 rings (SSSR count). The second kappa shape index (κ2) is 5.61. The lowest BCUT2D eigenvalue weighted by molar-refractivity contribution is 0.102. The minimum absolute atomic E-state index is 0.182. The molecule has 0 fully saturated rings. The van der Waals surface area contributed by atoms with E-state index >= 15 is 0 Å². The highest BCUT2D eigenvalue weighted by atomic mass is 79.9. The highest BCUT2D eigenvalue weighted by Gasteiger charge is 2.10. The van der Waals surface area contributed by atoms with E-state index in [1.165, 1.54) is 6.20 Å².